The minimum absolute atomic E-state index is 0.633. The highest BCUT2D eigenvalue weighted by molar-refractivity contribution is 7.97. The number of rotatable bonds is 3. The Morgan fingerprint density at radius 2 is 1.95 bits per heavy atom. The van der Waals surface area contributed by atoms with Gasteiger partial charge in [-0.1, -0.05) is 12.1 Å². The number of benzene rings is 1. The van der Waals surface area contributed by atoms with Crippen LogP contribution >= 0.6 is 11.9 Å². The highest BCUT2D eigenvalue weighted by Gasteiger charge is 2.34. The Morgan fingerprint density at radius 1 is 1.15 bits per heavy atom. The summed E-state index contributed by atoms with van der Waals surface area (Å²) in [7, 11) is 0. The third kappa shape index (κ3) is 2.49. The van der Waals surface area contributed by atoms with Crippen LogP contribution in [0.4, 0.5) is 0 Å². The van der Waals surface area contributed by atoms with Crippen LogP contribution in [0.2, 0.25) is 0 Å². The Balaban J connectivity index is 1.39. The van der Waals surface area contributed by atoms with Gasteiger partial charge in [0.25, 0.3) is 0 Å². The zero-order chi connectivity index (χ0) is 13.5. The van der Waals surface area contributed by atoms with Crippen LogP contribution in [0.15, 0.2) is 23.1 Å². The van der Waals surface area contributed by atoms with Crippen molar-refractivity contribution >= 4 is 11.9 Å². The number of piperazine rings is 1. The van der Waals surface area contributed by atoms with Gasteiger partial charge in [-0.15, -0.1) is 0 Å². The highest BCUT2D eigenvalue weighted by Crippen LogP contribution is 2.38. The second-order valence-corrected chi connectivity index (χ2v) is 7.01. The normalized spacial score (nSPS) is 25.1. The molecule has 4 rings (SSSR count). The SMILES string of the molecule is NCc1ccc2c(c1)SN(N1CCN(C3CC3)CC1)C2. The fourth-order valence-electron chi connectivity index (χ4n) is 3.13. The summed E-state index contributed by atoms with van der Waals surface area (Å²) in [5.74, 6) is 0. The second kappa shape index (κ2) is 5.31. The van der Waals surface area contributed by atoms with Crippen molar-refractivity contribution < 1.29 is 0 Å². The number of hydrogen-bond acceptors (Lipinski definition) is 5. The topological polar surface area (TPSA) is 35.7 Å². The lowest BCUT2D eigenvalue weighted by Crippen LogP contribution is -2.51. The minimum atomic E-state index is 0.633. The number of hydrazine groups is 1. The molecule has 20 heavy (non-hydrogen) atoms. The summed E-state index contributed by atoms with van der Waals surface area (Å²) in [6.07, 6.45) is 2.84. The number of nitrogens with two attached hydrogens (primary N) is 1. The Bertz CT molecular complexity index is 495. The first-order valence-electron chi connectivity index (χ1n) is 7.60. The average molecular weight is 290 g/mol. The minimum Gasteiger partial charge on any atom is -0.326 e. The van der Waals surface area contributed by atoms with Gasteiger partial charge in [-0.3, -0.25) is 4.90 Å². The average Bonchev–Trinajstić information content (AvgIpc) is 3.26. The zero-order valence-corrected chi connectivity index (χ0v) is 12.6. The van der Waals surface area contributed by atoms with Gasteiger partial charge >= 0.3 is 0 Å². The van der Waals surface area contributed by atoms with Crippen LogP contribution in [0.5, 0.6) is 0 Å². The van der Waals surface area contributed by atoms with E-state index in [1.165, 1.54) is 55.0 Å². The van der Waals surface area contributed by atoms with E-state index < -0.39 is 0 Å². The molecule has 1 aromatic carbocycles. The van der Waals surface area contributed by atoms with Gasteiger partial charge in [-0.05, 0) is 42.0 Å². The first kappa shape index (κ1) is 13.1. The number of hydrogen-bond donors (Lipinski definition) is 1. The molecule has 1 aliphatic carbocycles. The van der Waals surface area contributed by atoms with E-state index >= 15 is 0 Å². The molecule has 1 aromatic rings. The summed E-state index contributed by atoms with van der Waals surface area (Å²) >= 11 is 1.88. The van der Waals surface area contributed by atoms with Crippen LogP contribution in [0, 0.1) is 0 Å². The predicted octanol–water partition coefficient (Wildman–Crippen LogP) is 1.66. The highest BCUT2D eigenvalue weighted by atomic mass is 32.2. The Hall–Kier alpha value is -0.590. The van der Waals surface area contributed by atoms with Gasteiger partial charge in [0.2, 0.25) is 0 Å². The Labute approximate surface area is 125 Å². The summed E-state index contributed by atoms with van der Waals surface area (Å²) in [6, 6.07) is 7.56. The maximum atomic E-state index is 5.73. The van der Waals surface area contributed by atoms with E-state index in [2.05, 4.69) is 32.5 Å². The summed E-state index contributed by atoms with van der Waals surface area (Å²) in [6.45, 7) is 6.46. The third-order valence-corrected chi connectivity index (χ3v) is 5.69. The van der Waals surface area contributed by atoms with Crippen LogP contribution in [-0.4, -0.2) is 46.5 Å². The maximum absolute atomic E-state index is 5.73. The summed E-state index contributed by atoms with van der Waals surface area (Å²) in [5.41, 5.74) is 8.41. The molecule has 2 aliphatic heterocycles. The van der Waals surface area contributed by atoms with E-state index in [1.54, 1.807) is 0 Å². The molecule has 0 bridgehead atoms. The van der Waals surface area contributed by atoms with Gasteiger partial charge < -0.3 is 5.73 Å². The van der Waals surface area contributed by atoms with Gasteiger partial charge in [0.05, 0.1) is 6.54 Å². The molecule has 108 valence electrons. The van der Waals surface area contributed by atoms with E-state index in [0.29, 0.717) is 6.54 Å². The van der Waals surface area contributed by atoms with Crippen molar-refractivity contribution in [2.45, 2.75) is 36.9 Å². The van der Waals surface area contributed by atoms with Crippen molar-refractivity contribution in [3.8, 4) is 0 Å². The quantitative estimate of drug-likeness (QED) is 0.857. The van der Waals surface area contributed by atoms with E-state index in [0.717, 1.165) is 12.6 Å². The summed E-state index contributed by atoms with van der Waals surface area (Å²) < 4.78 is 2.44. The van der Waals surface area contributed by atoms with E-state index in [9.17, 15) is 0 Å². The molecule has 0 aromatic heterocycles. The van der Waals surface area contributed by atoms with Gasteiger partial charge in [0, 0.05) is 43.7 Å². The van der Waals surface area contributed by atoms with Crippen molar-refractivity contribution in [3.05, 3.63) is 29.3 Å². The molecule has 0 amide bonds. The third-order valence-electron chi connectivity index (χ3n) is 4.55. The van der Waals surface area contributed by atoms with E-state index in [-0.39, 0.29) is 0 Å². The summed E-state index contributed by atoms with van der Waals surface area (Å²) in [4.78, 5) is 4.05. The fourth-order valence-corrected chi connectivity index (χ4v) is 4.29. The molecule has 1 saturated heterocycles. The van der Waals surface area contributed by atoms with Crippen molar-refractivity contribution in [2.75, 3.05) is 26.2 Å². The molecule has 4 nitrogen and oxygen atoms in total. The number of nitrogens with zero attached hydrogens (tertiary/aromatic N) is 3. The van der Waals surface area contributed by atoms with Crippen molar-refractivity contribution in [3.63, 3.8) is 0 Å². The molecule has 2 heterocycles. The smallest absolute Gasteiger partial charge is 0.0513 e. The molecule has 0 radical (unpaired) electrons. The van der Waals surface area contributed by atoms with Gasteiger partial charge in [0.1, 0.15) is 0 Å². The van der Waals surface area contributed by atoms with Gasteiger partial charge in [-0.25, -0.2) is 5.01 Å². The first-order chi connectivity index (χ1) is 9.83. The molecule has 5 heteroatoms. The molecule has 2 fully saturated rings. The second-order valence-electron chi connectivity index (χ2n) is 5.97. The van der Waals surface area contributed by atoms with Crippen molar-refractivity contribution in [1.29, 1.82) is 0 Å². The zero-order valence-electron chi connectivity index (χ0n) is 11.8. The Kier molecular flexibility index (Phi) is 3.48. The van der Waals surface area contributed by atoms with Gasteiger partial charge in [0.15, 0.2) is 0 Å². The monoisotopic (exact) mass is 290 g/mol. The lowest BCUT2D eigenvalue weighted by atomic mass is 10.1. The maximum Gasteiger partial charge on any atom is 0.0513 e. The van der Waals surface area contributed by atoms with E-state index in [4.69, 9.17) is 5.73 Å². The predicted molar refractivity (Wildman–Crippen MR) is 81.9 cm³/mol. The molecule has 2 N–H and O–H groups in total. The largest absolute Gasteiger partial charge is 0.326 e. The molecular weight excluding hydrogens is 268 g/mol. The van der Waals surface area contributed by atoms with Crippen LogP contribution in [-0.2, 0) is 13.1 Å². The van der Waals surface area contributed by atoms with Crippen molar-refractivity contribution in [1.82, 2.24) is 14.3 Å². The molecule has 3 aliphatic rings. The standard InChI is InChI=1S/C15H22N4S/c16-10-12-1-2-13-11-19(20-15(13)9-12)18-7-5-17(6-8-18)14-3-4-14/h1-2,9,14H,3-8,10-11,16H2. The number of fused-ring (bicyclic) bond motifs is 1. The molecule has 0 atom stereocenters. The molecule has 1 saturated carbocycles. The van der Waals surface area contributed by atoms with Gasteiger partial charge in [-0.2, -0.15) is 4.41 Å². The molecular formula is C15H22N4S. The summed E-state index contributed by atoms with van der Waals surface area (Å²) in [5, 5.41) is 2.52. The van der Waals surface area contributed by atoms with Crippen LogP contribution < -0.4 is 5.73 Å². The fraction of sp³-hybridized carbons (Fsp3) is 0.600. The van der Waals surface area contributed by atoms with Crippen LogP contribution in [0.1, 0.15) is 24.0 Å². The van der Waals surface area contributed by atoms with Crippen LogP contribution in [0.25, 0.3) is 0 Å². The van der Waals surface area contributed by atoms with E-state index in [1.807, 2.05) is 11.9 Å². The van der Waals surface area contributed by atoms with Crippen molar-refractivity contribution in [2.24, 2.45) is 5.73 Å². The first-order valence-corrected chi connectivity index (χ1v) is 8.37. The lowest BCUT2D eigenvalue weighted by Gasteiger charge is -2.38. The Morgan fingerprint density at radius 3 is 2.65 bits per heavy atom. The lowest BCUT2D eigenvalue weighted by molar-refractivity contribution is 0.0111. The van der Waals surface area contributed by atoms with Crippen LogP contribution in [0.3, 0.4) is 0 Å². The molecule has 0 spiro atoms. The molecule has 0 unspecified atom stereocenters.